The summed E-state index contributed by atoms with van der Waals surface area (Å²) in [6, 6.07) is 13.4. The van der Waals surface area contributed by atoms with Crippen molar-refractivity contribution in [1.29, 1.82) is 0 Å². The maximum Gasteiger partial charge on any atom is 0.248 e. The van der Waals surface area contributed by atoms with Gasteiger partial charge in [-0.05, 0) is 75.3 Å². The molecule has 0 spiro atoms. The number of likely N-dealkylation sites (N-methyl/N-ethyl adjacent to an activating group) is 1. The molecule has 1 aliphatic rings. The lowest BCUT2D eigenvalue weighted by molar-refractivity contribution is -0.111. The quantitative estimate of drug-likeness (QED) is 0.298. The fourth-order valence-electron chi connectivity index (χ4n) is 4.65. The molecule has 0 saturated carbocycles. The van der Waals surface area contributed by atoms with Crippen molar-refractivity contribution in [3.05, 3.63) is 79.2 Å². The van der Waals surface area contributed by atoms with Crippen LogP contribution in [0.3, 0.4) is 0 Å². The van der Waals surface area contributed by atoms with E-state index in [9.17, 15) is 4.79 Å². The topological polar surface area (TPSA) is 122 Å². The van der Waals surface area contributed by atoms with Gasteiger partial charge in [-0.3, -0.25) is 14.1 Å². The highest BCUT2D eigenvalue weighted by Crippen LogP contribution is 2.30. The van der Waals surface area contributed by atoms with Crippen molar-refractivity contribution in [2.75, 3.05) is 24.2 Å². The van der Waals surface area contributed by atoms with Crippen LogP contribution in [0.5, 0.6) is 11.6 Å². The standard InChI is InChI=1S/C28H27N9O2/c1-18-12-19(6-9-24(18)39-27-14-25-35-32-17-37(25)16-31-27)34-28-22-13-20(5-8-23(22)29-15-30-28)33-26(38)10-7-21-4-3-11-36(21)2/h5-10,12-17,21H,3-4,11H2,1-2H3,(H,33,38)(H,29,30,34)/b10-7+/t21-/m1/s1. The van der Waals surface area contributed by atoms with E-state index in [0.29, 0.717) is 34.8 Å². The summed E-state index contributed by atoms with van der Waals surface area (Å²) in [7, 11) is 2.08. The molecule has 196 valence electrons. The van der Waals surface area contributed by atoms with Gasteiger partial charge in [-0.2, -0.15) is 0 Å². The molecule has 11 nitrogen and oxygen atoms in total. The Morgan fingerprint density at radius 2 is 1.97 bits per heavy atom. The Morgan fingerprint density at radius 3 is 2.82 bits per heavy atom. The van der Waals surface area contributed by atoms with Gasteiger partial charge in [-0.1, -0.05) is 6.08 Å². The van der Waals surface area contributed by atoms with E-state index in [-0.39, 0.29) is 5.91 Å². The van der Waals surface area contributed by atoms with E-state index in [2.05, 4.69) is 47.7 Å². The Morgan fingerprint density at radius 1 is 1.08 bits per heavy atom. The van der Waals surface area contributed by atoms with E-state index < -0.39 is 0 Å². The van der Waals surface area contributed by atoms with Crippen LogP contribution in [0.15, 0.2) is 73.6 Å². The normalized spacial score (nSPS) is 15.8. The Hall–Kier alpha value is -4.90. The highest BCUT2D eigenvalue weighted by Gasteiger charge is 2.18. The molecule has 0 radical (unpaired) electrons. The van der Waals surface area contributed by atoms with Gasteiger partial charge in [0.25, 0.3) is 0 Å². The van der Waals surface area contributed by atoms with Crippen molar-refractivity contribution < 1.29 is 9.53 Å². The van der Waals surface area contributed by atoms with E-state index in [1.165, 1.54) is 6.33 Å². The molecule has 2 aromatic carbocycles. The number of hydrogen-bond donors (Lipinski definition) is 2. The molecule has 1 atom stereocenters. The minimum absolute atomic E-state index is 0.162. The molecule has 1 aliphatic heterocycles. The van der Waals surface area contributed by atoms with Crippen LogP contribution in [-0.2, 0) is 4.79 Å². The molecule has 11 heteroatoms. The Bertz CT molecular complexity index is 1700. The van der Waals surface area contributed by atoms with Gasteiger partial charge in [0.2, 0.25) is 11.8 Å². The molecule has 1 saturated heterocycles. The van der Waals surface area contributed by atoms with Gasteiger partial charge in [-0.15, -0.1) is 10.2 Å². The van der Waals surface area contributed by atoms with Gasteiger partial charge in [0.15, 0.2) is 5.65 Å². The minimum Gasteiger partial charge on any atom is -0.439 e. The third-order valence-electron chi connectivity index (χ3n) is 6.76. The van der Waals surface area contributed by atoms with E-state index in [1.807, 2.05) is 49.4 Å². The smallest absolute Gasteiger partial charge is 0.248 e. The molecule has 3 aromatic heterocycles. The van der Waals surface area contributed by atoms with Crippen LogP contribution in [0.1, 0.15) is 18.4 Å². The van der Waals surface area contributed by atoms with Gasteiger partial charge in [-0.25, -0.2) is 15.0 Å². The van der Waals surface area contributed by atoms with Gasteiger partial charge < -0.3 is 15.4 Å². The number of hydrogen-bond acceptors (Lipinski definition) is 9. The van der Waals surface area contributed by atoms with Crippen LogP contribution in [-0.4, -0.2) is 60.0 Å². The number of rotatable bonds is 7. The zero-order valence-electron chi connectivity index (χ0n) is 21.6. The number of ether oxygens (including phenoxy) is 1. The summed E-state index contributed by atoms with van der Waals surface area (Å²) in [5.41, 5.74) is 3.83. The van der Waals surface area contributed by atoms with Crippen molar-refractivity contribution in [2.24, 2.45) is 0 Å². The van der Waals surface area contributed by atoms with Crippen molar-refractivity contribution in [2.45, 2.75) is 25.8 Å². The van der Waals surface area contributed by atoms with Crippen molar-refractivity contribution in [1.82, 2.24) is 34.4 Å². The predicted molar refractivity (Wildman–Crippen MR) is 148 cm³/mol. The van der Waals surface area contributed by atoms with Crippen LogP contribution >= 0.6 is 0 Å². The van der Waals surface area contributed by atoms with Gasteiger partial charge in [0.1, 0.15) is 30.5 Å². The number of carbonyl (C=O) groups excluding carboxylic acids is 1. The maximum atomic E-state index is 12.6. The highest BCUT2D eigenvalue weighted by atomic mass is 16.5. The second-order valence-corrected chi connectivity index (χ2v) is 9.52. The summed E-state index contributed by atoms with van der Waals surface area (Å²) in [5.74, 6) is 1.57. The first-order chi connectivity index (χ1) is 19.0. The van der Waals surface area contributed by atoms with E-state index in [0.717, 1.165) is 41.5 Å². The van der Waals surface area contributed by atoms with Gasteiger partial charge in [0.05, 0.1) is 5.52 Å². The van der Waals surface area contributed by atoms with Crippen LogP contribution in [0.25, 0.3) is 16.6 Å². The molecular formula is C28H27N9O2. The largest absolute Gasteiger partial charge is 0.439 e. The number of carbonyl (C=O) groups is 1. The molecule has 0 bridgehead atoms. The monoisotopic (exact) mass is 521 g/mol. The van der Waals surface area contributed by atoms with Crippen LogP contribution < -0.4 is 15.4 Å². The Balaban J connectivity index is 1.18. The maximum absolute atomic E-state index is 12.6. The number of anilines is 3. The number of benzene rings is 2. The fraction of sp³-hybridized carbons (Fsp3) is 0.214. The number of aromatic nitrogens is 6. The molecule has 6 rings (SSSR count). The van der Waals surface area contributed by atoms with Crippen molar-refractivity contribution in [3.63, 3.8) is 0 Å². The Kier molecular flexibility index (Phi) is 6.55. The minimum atomic E-state index is -0.162. The predicted octanol–water partition coefficient (Wildman–Crippen LogP) is 4.50. The number of likely N-dealkylation sites (tertiary alicyclic amines) is 1. The zero-order chi connectivity index (χ0) is 26.8. The van der Waals surface area contributed by atoms with Crippen molar-refractivity contribution in [3.8, 4) is 11.6 Å². The second kappa shape index (κ2) is 10.5. The zero-order valence-corrected chi connectivity index (χ0v) is 21.6. The number of nitrogens with one attached hydrogen (secondary N) is 2. The number of aryl methyl sites for hydroxylation is 1. The summed E-state index contributed by atoms with van der Waals surface area (Å²) < 4.78 is 7.69. The molecule has 5 aromatic rings. The number of amides is 1. The summed E-state index contributed by atoms with van der Waals surface area (Å²) in [6.45, 7) is 3.02. The first-order valence-corrected chi connectivity index (χ1v) is 12.7. The van der Waals surface area contributed by atoms with Gasteiger partial charge >= 0.3 is 0 Å². The molecule has 1 fully saturated rings. The summed E-state index contributed by atoms with van der Waals surface area (Å²) in [5, 5.41) is 15.0. The second-order valence-electron chi connectivity index (χ2n) is 9.52. The lowest BCUT2D eigenvalue weighted by Gasteiger charge is -2.14. The van der Waals surface area contributed by atoms with Gasteiger partial charge in [0, 0.05) is 34.9 Å². The van der Waals surface area contributed by atoms with E-state index in [4.69, 9.17) is 4.74 Å². The summed E-state index contributed by atoms with van der Waals surface area (Å²) >= 11 is 0. The lowest BCUT2D eigenvalue weighted by atomic mass is 10.1. The summed E-state index contributed by atoms with van der Waals surface area (Å²) in [4.78, 5) is 27.9. The van der Waals surface area contributed by atoms with Crippen LogP contribution in [0.4, 0.5) is 17.2 Å². The van der Waals surface area contributed by atoms with Crippen LogP contribution in [0.2, 0.25) is 0 Å². The molecule has 2 N–H and O–H groups in total. The number of nitrogens with zero attached hydrogens (tertiary/aromatic N) is 7. The average molecular weight is 522 g/mol. The molecular weight excluding hydrogens is 494 g/mol. The average Bonchev–Trinajstić information content (AvgIpc) is 3.57. The highest BCUT2D eigenvalue weighted by molar-refractivity contribution is 6.02. The molecule has 0 unspecified atom stereocenters. The Labute approximate surface area is 224 Å². The third-order valence-corrected chi connectivity index (χ3v) is 6.76. The summed E-state index contributed by atoms with van der Waals surface area (Å²) in [6.07, 6.45) is 10.5. The molecule has 0 aliphatic carbocycles. The van der Waals surface area contributed by atoms with Crippen molar-refractivity contribution >= 4 is 39.6 Å². The third kappa shape index (κ3) is 5.39. The lowest BCUT2D eigenvalue weighted by Crippen LogP contribution is -2.23. The van der Waals surface area contributed by atoms with E-state index in [1.54, 1.807) is 29.2 Å². The van der Waals surface area contributed by atoms with Crippen LogP contribution in [0, 0.1) is 6.92 Å². The SMILES string of the molecule is Cc1cc(Nc2ncnc3ccc(NC(=O)/C=C/[C@H]4CCCN4C)cc23)ccc1Oc1cc2nncn2cn1. The first kappa shape index (κ1) is 24.4. The molecule has 4 heterocycles. The first-order valence-electron chi connectivity index (χ1n) is 12.7. The molecule has 39 heavy (non-hydrogen) atoms. The molecule has 1 amide bonds. The van der Waals surface area contributed by atoms with E-state index >= 15 is 0 Å². The number of fused-ring (bicyclic) bond motifs is 2. The fourth-order valence-corrected chi connectivity index (χ4v) is 4.65.